The van der Waals surface area contributed by atoms with Crippen molar-refractivity contribution in [1.29, 1.82) is 0 Å². The number of nitrogens with one attached hydrogen (secondary N) is 1. The number of hydrogen-bond donors (Lipinski definition) is 1. The lowest BCUT2D eigenvalue weighted by molar-refractivity contribution is -0.138. The molecule has 0 aromatic heterocycles. The first kappa shape index (κ1) is 13.3. The highest BCUT2D eigenvalue weighted by molar-refractivity contribution is 6.07. The third-order valence-corrected chi connectivity index (χ3v) is 3.29. The van der Waals surface area contributed by atoms with Crippen molar-refractivity contribution >= 4 is 17.7 Å². The molecule has 2 rings (SSSR count). The maximum absolute atomic E-state index is 12.3. The fourth-order valence-electron chi connectivity index (χ4n) is 2.01. The smallest absolute Gasteiger partial charge is 0.254 e. The van der Waals surface area contributed by atoms with E-state index in [4.69, 9.17) is 0 Å². The van der Waals surface area contributed by atoms with Gasteiger partial charge in [0, 0.05) is 5.56 Å². The van der Waals surface area contributed by atoms with Crippen molar-refractivity contribution in [2.75, 3.05) is 6.54 Å². The van der Waals surface area contributed by atoms with Gasteiger partial charge in [-0.15, -0.1) is 0 Å². The van der Waals surface area contributed by atoms with E-state index >= 15 is 0 Å². The number of aryl methyl sites for hydroxylation is 1. The maximum Gasteiger partial charge on any atom is 0.254 e. The highest BCUT2D eigenvalue weighted by Gasteiger charge is 2.33. The molecule has 19 heavy (non-hydrogen) atoms. The summed E-state index contributed by atoms with van der Waals surface area (Å²) in [4.78, 5) is 36.5. The molecular formula is C14H16N2O3. The van der Waals surface area contributed by atoms with Crippen LogP contribution in [0.1, 0.15) is 29.8 Å². The van der Waals surface area contributed by atoms with Crippen LogP contribution in [-0.4, -0.2) is 35.2 Å². The normalized spacial score (nSPS) is 19.3. The number of amides is 3. The van der Waals surface area contributed by atoms with Gasteiger partial charge in [0.2, 0.25) is 11.8 Å². The van der Waals surface area contributed by atoms with Crippen LogP contribution in [0.25, 0.3) is 0 Å². The first-order chi connectivity index (χ1) is 9.02. The molecule has 1 aromatic carbocycles. The van der Waals surface area contributed by atoms with Gasteiger partial charge in [0.15, 0.2) is 0 Å². The van der Waals surface area contributed by atoms with Gasteiger partial charge in [-0.25, -0.2) is 0 Å². The average molecular weight is 260 g/mol. The highest BCUT2D eigenvalue weighted by atomic mass is 16.2. The second-order valence-electron chi connectivity index (χ2n) is 4.57. The Morgan fingerprint density at radius 2 is 1.95 bits per heavy atom. The van der Waals surface area contributed by atoms with Crippen LogP contribution in [-0.2, 0) is 16.0 Å². The van der Waals surface area contributed by atoms with Crippen molar-refractivity contribution in [3.8, 4) is 0 Å². The van der Waals surface area contributed by atoms with E-state index in [1.165, 1.54) is 4.90 Å². The minimum atomic E-state index is -0.629. The van der Waals surface area contributed by atoms with Crippen molar-refractivity contribution in [1.82, 2.24) is 10.2 Å². The molecular weight excluding hydrogens is 244 g/mol. The van der Waals surface area contributed by atoms with Crippen molar-refractivity contribution in [3.63, 3.8) is 0 Å². The summed E-state index contributed by atoms with van der Waals surface area (Å²) in [5, 5.41) is 2.21. The summed E-state index contributed by atoms with van der Waals surface area (Å²) in [6.07, 6.45) is 0.898. The lowest BCUT2D eigenvalue weighted by Gasteiger charge is -2.31. The monoisotopic (exact) mass is 260 g/mol. The van der Waals surface area contributed by atoms with Gasteiger partial charge in [-0.3, -0.25) is 19.7 Å². The first-order valence-electron chi connectivity index (χ1n) is 6.26. The molecule has 1 atom stereocenters. The van der Waals surface area contributed by atoms with Gasteiger partial charge in [0.25, 0.3) is 5.91 Å². The van der Waals surface area contributed by atoms with E-state index in [1.807, 2.05) is 19.1 Å². The predicted octanol–water partition coefficient (Wildman–Crippen LogP) is 0.736. The van der Waals surface area contributed by atoms with E-state index < -0.39 is 17.9 Å². The standard InChI is InChI=1S/C14H16N2O3/c1-3-10-4-6-11(7-5-10)14(19)16-8-12(17)15-13(18)9(16)2/h4-7,9H,3,8H2,1-2H3,(H,15,17,18). The summed E-state index contributed by atoms with van der Waals surface area (Å²) in [6.45, 7) is 3.56. The van der Waals surface area contributed by atoms with Crippen LogP contribution in [0.4, 0.5) is 0 Å². The Morgan fingerprint density at radius 1 is 1.32 bits per heavy atom. The Morgan fingerprint density at radius 3 is 2.53 bits per heavy atom. The van der Waals surface area contributed by atoms with Crippen LogP contribution in [0, 0.1) is 0 Å². The van der Waals surface area contributed by atoms with E-state index in [2.05, 4.69) is 5.32 Å². The van der Waals surface area contributed by atoms with Crippen LogP contribution >= 0.6 is 0 Å². The fourth-order valence-corrected chi connectivity index (χ4v) is 2.01. The Labute approximate surface area is 111 Å². The van der Waals surface area contributed by atoms with E-state index in [-0.39, 0.29) is 12.5 Å². The minimum absolute atomic E-state index is 0.0821. The van der Waals surface area contributed by atoms with Gasteiger partial charge in [0.05, 0.1) is 0 Å². The fraction of sp³-hybridized carbons (Fsp3) is 0.357. The zero-order chi connectivity index (χ0) is 14.0. The third-order valence-electron chi connectivity index (χ3n) is 3.29. The number of piperazine rings is 1. The molecule has 1 N–H and O–H groups in total. The quantitative estimate of drug-likeness (QED) is 0.797. The summed E-state index contributed by atoms with van der Waals surface area (Å²) in [5.74, 6) is -1.17. The van der Waals surface area contributed by atoms with E-state index in [1.54, 1.807) is 19.1 Å². The molecule has 1 aliphatic heterocycles. The first-order valence-corrected chi connectivity index (χ1v) is 6.26. The Bertz CT molecular complexity index is 522. The molecule has 0 bridgehead atoms. The number of rotatable bonds is 2. The average Bonchev–Trinajstić information content (AvgIpc) is 2.42. The zero-order valence-electron chi connectivity index (χ0n) is 11.0. The highest BCUT2D eigenvalue weighted by Crippen LogP contribution is 2.12. The largest absolute Gasteiger partial charge is 0.318 e. The van der Waals surface area contributed by atoms with Crippen molar-refractivity contribution in [2.24, 2.45) is 0 Å². The molecule has 1 aliphatic rings. The molecule has 100 valence electrons. The summed E-state index contributed by atoms with van der Waals surface area (Å²) in [7, 11) is 0. The molecule has 5 heteroatoms. The zero-order valence-corrected chi connectivity index (χ0v) is 11.0. The third kappa shape index (κ3) is 2.65. The van der Waals surface area contributed by atoms with Crippen molar-refractivity contribution in [3.05, 3.63) is 35.4 Å². The van der Waals surface area contributed by atoms with E-state index in [9.17, 15) is 14.4 Å². The molecule has 1 saturated heterocycles. The second kappa shape index (κ2) is 5.22. The molecule has 0 radical (unpaired) electrons. The molecule has 1 fully saturated rings. The molecule has 1 unspecified atom stereocenters. The minimum Gasteiger partial charge on any atom is -0.318 e. The van der Waals surface area contributed by atoms with Crippen molar-refractivity contribution in [2.45, 2.75) is 26.3 Å². The predicted molar refractivity (Wildman–Crippen MR) is 69.5 cm³/mol. The molecule has 0 saturated carbocycles. The Balaban J connectivity index is 2.22. The number of carbonyl (C=O) groups excluding carboxylic acids is 3. The number of imide groups is 1. The SMILES string of the molecule is CCc1ccc(C(=O)N2CC(=O)NC(=O)C2C)cc1. The van der Waals surface area contributed by atoms with Crippen LogP contribution in [0.2, 0.25) is 0 Å². The Hall–Kier alpha value is -2.17. The molecule has 5 nitrogen and oxygen atoms in total. The maximum atomic E-state index is 12.3. The molecule has 0 spiro atoms. The molecule has 1 heterocycles. The second-order valence-corrected chi connectivity index (χ2v) is 4.57. The lowest BCUT2D eigenvalue weighted by atomic mass is 10.1. The number of carbonyl (C=O) groups is 3. The summed E-state index contributed by atoms with van der Waals surface area (Å²) in [5.41, 5.74) is 1.63. The van der Waals surface area contributed by atoms with Crippen LogP contribution in [0.5, 0.6) is 0 Å². The van der Waals surface area contributed by atoms with Crippen LogP contribution in [0.15, 0.2) is 24.3 Å². The Kier molecular flexibility index (Phi) is 3.64. The van der Waals surface area contributed by atoms with Gasteiger partial charge in [-0.2, -0.15) is 0 Å². The van der Waals surface area contributed by atoms with Gasteiger partial charge < -0.3 is 4.90 Å². The van der Waals surface area contributed by atoms with Gasteiger partial charge in [0.1, 0.15) is 12.6 Å². The molecule has 3 amide bonds. The number of benzene rings is 1. The number of nitrogens with zero attached hydrogens (tertiary/aromatic N) is 1. The lowest BCUT2D eigenvalue weighted by Crippen LogP contribution is -2.58. The van der Waals surface area contributed by atoms with Crippen molar-refractivity contribution < 1.29 is 14.4 Å². The number of hydrogen-bond acceptors (Lipinski definition) is 3. The van der Waals surface area contributed by atoms with E-state index in [0.29, 0.717) is 5.56 Å². The topological polar surface area (TPSA) is 66.5 Å². The summed E-state index contributed by atoms with van der Waals surface area (Å²) < 4.78 is 0. The van der Waals surface area contributed by atoms with Crippen LogP contribution < -0.4 is 5.32 Å². The van der Waals surface area contributed by atoms with Gasteiger partial charge >= 0.3 is 0 Å². The van der Waals surface area contributed by atoms with Crippen LogP contribution in [0.3, 0.4) is 0 Å². The van der Waals surface area contributed by atoms with Gasteiger partial charge in [-0.05, 0) is 31.0 Å². The summed E-state index contributed by atoms with van der Waals surface area (Å²) in [6, 6.07) is 6.58. The van der Waals surface area contributed by atoms with E-state index in [0.717, 1.165) is 12.0 Å². The summed E-state index contributed by atoms with van der Waals surface area (Å²) >= 11 is 0. The van der Waals surface area contributed by atoms with Gasteiger partial charge in [-0.1, -0.05) is 19.1 Å². The molecule has 0 aliphatic carbocycles. The molecule has 1 aromatic rings.